The number of carbonyl (C=O) groups excluding carboxylic acids is 1. The van der Waals surface area contributed by atoms with E-state index in [1.807, 2.05) is 0 Å². The molecule has 2 N–H and O–H groups in total. The Balaban J connectivity index is 2.51. The van der Waals surface area contributed by atoms with Crippen LogP contribution in [-0.2, 0) is 4.79 Å². The molecule has 0 saturated carbocycles. The summed E-state index contributed by atoms with van der Waals surface area (Å²) in [5, 5.41) is 17.8. The van der Waals surface area contributed by atoms with Crippen molar-refractivity contribution in [2.45, 2.75) is 12.8 Å². The molecule has 0 atom stereocenters. The van der Waals surface area contributed by atoms with Crippen LogP contribution in [0.2, 0.25) is 0 Å². The van der Waals surface area contributed by atoms with Gasteiger partial charge >= 0.3 is 12.0 Å². The van der Waals surface area contributed by atoms with E-state index in [1.54, 1.807) is 11.0 Å². The maximum Gasteiger partial charge on any atom is 0.320 e. The monoisotopic (exact) mass is 256 g/mol. The van der Waals surface area contributed by atoms with Crippen molar-refractivity contribution in [3.63, 3.8) is 0 Å². The molecule has 18 heavy (non-hydrogen) atoms. The number of aliphatic hydroxyl groups is 1. The van der Waals surface area contributed by atoms with E-state index < -0.39 is 5.97 Å². The lowest BCUT2D eigenvalue weighted by atomic mass is 9.97. The number of piperidine rings is 1. The molecular weight excluding hydrogens is 236 g/mol. The first kappa shape index (κ1) is 14.5. The van der Waals surface area contributed by atoms with Gasteiger partial charge in [0.05, 0.1) is 12.5 Å². The van der Waals surface area contributed by atoms with E-state index in [2.05, 4.69) is 6.58 Å². The number of amides is 2. The van der Waals surface area contributed by atoms with Gasteiger partial charge in [0.15, 0.2) is 0 Å². The number of hydrogen-bond acceptors (Lipinski definition) is 3. The van der Waals surface area contributed by atoms with Crippen molar-refractivity contribution in [3.05, 3.63) is 12.7 Å². The van der Waals surface area contributed by atoms with Gasteiger partial charge in [-0.15, -0.1) is 6.58 Å². The topological polar surface area (TPSA) is 81.1 Å². The average molecular weight is 256 g/mol. The summed E-state index contributed by atoms with van der Waals surface area (Å²) in [7, 11) is 0. The van der Waals surface area contributed by atoms with Crippen LogP contribution >= 0.6 is 0 Å². The van der Waals surface area contributed by atoms with Crippen molar-refractivity contribution >= 4 is 12.0 Å². The van der Waals surface area contributed by atoms with E-state index in [1.165, 1.54) is 4.90 Å². The SMILES string of the molecule is C=CCN(CCO)C(=O)N1CCC(C(=O)O)CC1. The van der Waals surface area contributed by atoms with E-state index in [4.69, 9.17) is 10.2 Å². The molecule has 0 aliphatic carbocycles. The molecule has 1 aliphatic heterocycles. The normalized spacial score (nSPS) is 16.4. The Kier molecular flexibility index (Phi) is 5.64. The molecule has 1 aliphatic rings. The molecule has 0 radical (unpaired) electrons. The molecule has 0 aromatic heterocycles. The van der Waals surface area contributed by atoms with E-state index >= 15 is 0 Å². The van der Waals surface area contributed by atoms with Gasteiger partial charge in [-0.1, -0.05) is 6.08 Å². The largest absolute Gasteiger partial charge is 0.481 e. The number of aliphatic carboxylic acids is 1. The highest BCUT2D eigenvalue weighted by atomic mass is 16.4. The van der Waals surface area contributed by atoms with E-state index in [-0.39, 0.29) is 25.1 Å². The molecule has 1 heterocycles. The van der Waals surface area contributed by atoms with Crippen molar-refractivity contribution in [3.8, 4) is 0 Å². The summed E-state index contributed by atoms with van der Waals surface area (Å²) in [6, 6.07) is -0.159. The van der Waals surface area contributed by atoms with Crippen molar-refractivity contribution in [2.75, 3.05) is 32.8 Å². The molecule has 0 aromatic rings. The van der Waals surface area contributed by atoms with Crippen LogP contribution in [0.1, 0.15) is 12.8 Å². The molecule has 0 aromatic carbocycles. The zero-order valence-electron chi connectivity index (χ0n) is 10.4. The average Bonchev–Trinajstić information content (AvgIpc) is 2.38. The van der Waals surface area contributed by atoms with Gasteiger partial charge in [-0.2, -0.15) is 0 Å². The molecule has 102 valence electrons. The second-order valence-electron chi connectivity index (χ2n) is 4.34. The number of hydrogen-bond donors (Lipinski definition) is 2. The minimum Gasteiger partial charge on any atom is -0.481 e. The Morgan fingerprint density at radius 1 is 1.39 bits per heavy atom. The van der Waals surface area contributed by atoms with Gasteiger partial charge in [0.25, 0.3) is 0 Å². The lowest BCUT2D eigenvalue weighted by molar-refractivity contribution is -0.143. The second kappa shape index (κ2) is 7.00. The fourth-order valence-corrected chi connectivity index (χ4v) is 2.06. The summed E-state index contributed by atoms with van der Waals surface area (Å²) in [6.07, 6.45) is 2.59. The van der Waals surface area contributed by atoms with Crippen LogP contribution in [0.4, 0.5) is 4.79 Å². The molecule has 2 amide bonds. The maximum absolute atomic E-state index is 12.1. The quantitative estimate of drug-likeness (QED) is 0.697. The molecule has 1 saturated heterocycles. The fraction of sp³-hybridized carbons (Fsp3) is 0.667. The van der Waals surface area contributed by atoms with Gasteiger partial charge in [0.2, 0.25) is 0 Å². The lowest BCUT2D eigenvalue weighted by Gasteiger charge is -2.34. The first-order valence-corrected chi connectivity index (χ1v) is 6.08. The van der Waals surface area contributed by atoms with E-state index in [0.717, 1.165) is 0 Å². The standard InChI is InChI=1S/C12H20N2O4/c1-2-5-13(8-9-15)12(18)14-6-3-10(4-7-14)11(16)17/h2,10,15H,1,3-9H2,(H,16,17). The van der Waals surface area contributed by atoms with Crippen LogP contribution < -0.4 is 0 Å². The van der Waals surface area contributed by atoms with Gasteiger partial charge in [-0.05, 0) is 12.8 Å². The molecule has 0 unspecified atom stereocenters. The Hall–Kier alpha value is -1.56. The van der Waals surface area contributed by atoms with Crippen LogP contribution in [0.5, 0.6) is 0 Å². The van der Waals surface area contributed by atoms with Crippen LogP contribution in [0, 0.1) is 5.92 Å². The van der Waals surface area contributed by atoms with Crippen molar-refractivity contribution < 1.29 is 19.8 Å². The molecule has 6 nitrogen and oxygen atoms in total. The predicted octanol–water partition coefficient (Wildman–Crippen LogP) is 0.383. The van der Waals surface area contributed by atoms with Crippen LogP contribution in [-0.4, -0.2) is 64.8 Å². The lowest BCUT2D eigenvalue weighted by Crippen LogP contribution is -2.48. The Morgan fingerprint density at radius 3 is 2.44 bits per heavy atom. The number of carboxylic acid groups (broad SMARTS) is 1. The molecule has 1 rings (SSSR count). The predicted molar refractivity (Wildman–Crippen MR) is 66.2 cm³/mol. The smallest absolute Gasteiger partial charge is 0.320 e. The Bertz CT molecular complexity index is 311. The van der Waals surface area contributed by atoms with Gasteiger partial charge < -0.3 is 20.0 Å². The second-order valence-corrected chi connectivity index (χ2v) is 4.34. The Labute approximate surface area is 106 Å². The molecular formula is C12H20N2O4. The molecule has 1 fully saturated rings. The van der Waals surface area contributed by atoms with Crippen molar-refractivity contribution in [1.29, 1.82) is 0 Å². The number of nitrogens with zero attached hydrogens (tertiary/aromatic N) is 2. The zero-order chi connectivity index (χ0) is 13.5. The van der Waals surface area contributed by atoms with Crippen molar-refractivity contribution in [1.82, 2.24) is 9.80 Å². The number of likely N-dealkylation sites (tertiary alicyclic amines) is 1. The summed E-state index contributed by atoms with van der Waals surface area (Å²) < 4.78 is 0. The fourth-order valence-electron chi connectivity index (χ4n) is 2.06. The molecule has 6 heteroatoms. The summed E-state index contributed by atoms with van der Waals surface area (Å²) in [5.74, 6) is -1.14. The Morgan fingerprint density at radius 2 is 2.00 bits per heavy atom. The van der Waals surface area contributed by atoms with E-state index in [9.17, 15) is 9.59 Å². The maximum atomic E-state index is 12.1. The van der Waals surface area contributed by atoms with Gasteiger partial charge in [-0.3, -0.25) is 4.79 Å². The minimum atomic E-state index is -0.791. The van der Waals surface area contributed by atoms with Crippen LogP contribution in [0.15, 0.2) is 12.7 Å². The third-order valence-corrected chi connectivity index (χ3v) is 3.10. The highest BCUT2D eigenvalue weighted by Gasteiger charge is 2.28. The summed E-state index contributed by atoms with van der Waals surface area (Å²) in [6.45, 7) is 5.04. The molecule has 0 spiro atoms. The first-order valence-electron chi connectivity index (χ1n) is 6.08. The summed E-state index contributed by atoms with van der Waals surface area (Å²) >= 11 is 0. The molecule has 0 bridgehead atoms. The van der Waals surface area contributed by atoms with Gasteiger partial charge in [0.1, 0.15) is 0 Å². The van der Waals surface area contributed by atoms with Gasteiger partial charge in [-0.25, -0.2) is 4.79 Å². The van der Waals surface area contributed by atoms with Crippen LogP contribution in [0.3, 0.4) is 0 Å². The zero-order valence-corrected chi connectivity index (χ0v) is 10.4. The third-order valence-electron chi connectivity index (χ3n) is 3.10. The number of rotatable bonds is 5. The number of carbonyl (C=O) groups is 2. The number of carboxylic acids is 1. The summed E-state index contributed by atoms with van der Waals surface area (Å²) in [5.41, 5.74) is 0. The van der Waals surface area contributed by atoms with Gasteiger partial charge in [0, 0.05) is 26.2 Å². The highest BCUT2D eigenvalue weighted by molar-refractivity contribution is 5.75. The van der Waals surface area contributed by atoms with Crippen molar-refractivity contribution in [2.24, 2.45) is 5.92 Å². The van der Waals surface area contributed by atoms with Crippen LogP contribution in [0.25, 0.3) is 0 Å². The first-order chi connectivity index (χ1) is 8.60. The summed E-state index contributed by atoms with van der Waals surface area (Å²) in [4.78, 5) is 26.1. The number of aliphatic hydroxyl groups excluding tert-OH is 1. The highest BCUT2D eigenvalue weighted by Crippen LogP contribution is 2.18. The number of urea groups is 1. The van der Waals surface area contributed by atoms with E-state index in [0.29, 0.717) is 32.5 Å². The third kappa shape index (κ3) is 3.73. The minimum absolute atomic E-state index is 0.0921.